The van der Waals surface area contributed by atoms with Crippen molar-refractivity contribution in [2.75, 3.05) is 38.5 Å². The first-order valence-corrected chi connectivity index (χ1v) is 7.94. The Kier molecular flexibility index (Phi) is 5.16. The van der Waals surface area contributed by atoms with E-state index in [-0.39, 0.29) is 0 Å². The van der Waals surface area contributed by atoms with E-state index >= 15 is 0 Å². The maximum absolute atomic E-state index is 12.1. The summed E-state index contributed by atoms with van der Waals surface area (Å²) in [5, 5.41) is 3.32. The van der Waals surface area contributed by atoms with Crippen molar-refractivity contribution in [3.05, 3.63) is 28.7 Å². The zero-order valence-electron chi connectivity index (χ0n) is 9.69. The lowest BCUT2D eigenvalue weighted by molar-refractivity contribution is 0.254. The van der Waals surface area contributed by atoms with Crippen LogP contribution in [-0.4, -0.2) is 47.6 Å². The molecule has 0 bridgehead atoms. The molecule has 2 rings (SSSR count). The SMILES string of the molecule is O=S(CCN1CCNCC1)c1cccc(Br)c1. The average molecular weight is 317 g/mol. The summed E-state index contributed by atoms with van der Waals surface area (Å²) >= 11 is 3.41. The smallest absolute Gasteiger partial charge is 0.0542 e. The number of halogens is 1. The van der Waals surface area contributed by atoms with Crippen LogP contribution in [-0.2, 0) is 10.8 Å². The normalized spacial score (nSPS) is 19.1. The van der Waals surface area contributed by atoms with Gasteiger partial charge in [-0.15, -0.1) is 0 Å². The minimum Gasteiger partial charge on any atom is -0.314 e. The van der Waals surface area contributed by atoms with Crippen LogP contribution in [0.15, 0.2) is 33.6 Å². The minimum absolute atomic E-state index is 0.719. The first-order valence-electron chi connectivity index (χ1n) is 5.83. The van der Waals surface area contributed by atoms with Gasteiger partial charge in [0.25, 0.3) is 0 Å². The fourth-order valence-electron chi connectivity index (χ4n) is 1.87. The van der Waals surface area contributed by atoms with Crippen LogP contribution in [0.3, 0.4) is 0 Å². The van der Waals surface area contributed by atoms with Crippen LogP contribution in [0.4, 0.5) is 0 Å². The van der Waals surface area contributed by atoms with Gasteiger partial charge in [-0.3, -0.25) is 9.11 Å². The lowest BCUT2D eigenvalue weighted by atomic mass is 10.4. The van der Waals surface area contributed by atoms with Crippen LogP contribution < -0.4 is 5.32 Å². The number of nitrogens with one attached hydrogen (secondary N) is 1. The first kappa shape index (κ1) is 13.2. The second-order valence-electron chi connectivity index (χ2n) is 4.10. The van der Waals surface area contributed by atoms with Crippen molar-refractivity contribution in [1.82, 2.24) is 10.2 Å². The third kappa shape index (κ3) is 4.17. The van der Waals surface area contributed by atoms with Gasteiger partial charge in [0.05, 0.1) is 10.8 Å². The molecule has 1 aliphatic rings. The number of hydrogen-bond acceptors (Lipinski definition) is 3. The second kappa shape index (κ2) is 6.64. The Hall–Kier alpha value is -0.230. The number of nitrogens with zero attached hydrogens (tertiary/aromatic N) is 1. The van der Waals surface area contributed by atoms with Gasteiger partial charge >= 0.3 is 0 Å². The molecule has 0 saturated carbocycles. The van der Waals surface area contributed by atoms with Gasteiger partial charge in [0.1, 0.15) is 0 Å². The first-order chi connectivity index (χ1) is 8.25. The van der Waals surface area contributed by atoms with Gasteiger partial charge in [0.2, 0.25) is 0 Å². The van der Waals surface area contributed by atoms with Crippen LogP contribution in [0, 0.1) is 0 Å². The van der Waals surface area contributed by atoms with Gasteiger partial charge < -0.3 is 5.32 Å². The Labute approximate surface area is 113 Å². The van der Waals surface area contributed by atoms with Crippen molar-refractivity contribution in [3.8, 4) is 0 Å². The third-order valence-corrected chi connectivity index (χ3v) is 4.69. The average Bonchev–Trinajstić information content (AvgIpc) is 2.37. The van der Waals surface area contributed by atoms with Crippen LogP contribution >= 0.6 is 15.9 Å². The molecule has 1 aromatic carbocycles. The van der Waals surface area contributed by atoms with Crippen molar-refractivity contribution in [2.24, 2.45) is 0 Å². The summed E-state index contributed by atoms with van der Waals surface area (Å²) in [4.78, 5) is 3.28. The Bertz CT molecular complexity index is 394. The van der Waals surface area contributed by atoms with E-state index in [9.17, 15) is 4.21 Å². The Morgan fingerprint density at radius 2 is 2.12 bits per heavy atom. The molecule has 1 N–H and O–H groups in total. The monoisotopic (exact) mass is 316 g/mol. The maximum Gasteiger partial charge on any atom is 0.0542 e. The van der Waals surface area contributed by atoms with Crippen molar-refractivity contribution >= 4 is 26.7 Å². The molecule has 3 nitrogen and oxygen atoms in total. The van der Waals surface area contributed by atoms with Gasteiger partial charge in [-0.1, -0.05) is 22.0 Å². The summed E-state index contributed by atoms with van der Waals surface area (Å²) in [6.07, 6.45) is 0. The second-order valence-corrected chi connectivity index (χ2v) is 6.59. The van der Waals surface area contributed by atoms with E-state index in [4.69, 9.17) is 0 Å². The van der Waals surface area contributed by atoms with E-state index in [2.05, 4.69) is 26.1 Å². The van der Waals surface area contributed by atoms with Crippen LogP contribution in [0.1, 0.15) is 0 Å². The minimum atomic E-state index is -0.887. The quantitative estimate of drug-likeness (QED) is 0.913. The number of benzene rings is 1. The molecule has 17 heavy (non-hydrogen) atoms. The Morgan fingerprint density at radius 3 is 2.82 bits per heavy atom. The maximum atomic E-state index is 12.1. The summed E-state index contributed by atoms with van der Waals surface area (Å²) in [7, 11) is -0.887. The van der Waals surface area contributed by atoms with Crippen molar-refractivity contribution < 1.29 is 4.21 Å². The van der Waals surface area contributed by atoms with Crippen molar-refractivity contribution in [1.29, 1.82) is 0 Å². The predicted octanol–water partition coefficient (Wildman–Crippen LogP) is 1.46. The van der Waals surface area contributed by atoms with Crippen LogP contribution in [0.25, 0.3) is 0 Å². The topological polar surface area (TPSA) is 32.3 Å². The molecule has 1 heterocycles. The van der Waals surface area contributed by atoms with Gasteiger partial charge in [-0.2, -0.15) is 0 Å². The third-order valence-electron chi connectivity index (χ3n) is 2.86. The standard InChI is InChI=1S/C12H17BrN2OS/c13-11-2-1-3-12(10-11)17(16)9-8-15-6-4-14-5-7-15/h1-3,10,14H,4-9H2. The molecule has 94 valence electrons. The van der Waals surface area contributed by atoms with Crippen molar-refractivity contribution in [3.63, 3.8) is 0 Å². The van der Waals surface area contributed by atoms with Crippen LogP contribution in [0.5, 0.6) is 0 Å². The zero-order valence-corrected chi connectivity index (χ0v) is 12.1. The molecule has 0 spiro atoms. The van der Waals surface area contributed by atoms with E-state index in [0.717, 1.165) is 47.8 Å². The highest BCUT2D eigenvalue weighted by Gasteiger charge is 2.11. The highest BCUT2D eigenvalue weighted by molar-refractivity contribution is 9.10. The lowest BCUT2D eigenvalue weighted by Gasteiger charge is -2.26. The Morgan fingerprint density at radius 1 is 1.35 bits per heavy atom. The molecule has 0 aromatic heterocycles. The summed E-state index contributed by atoms with van der Waals surface area (Å²) in [5.74, 6) is 0.719. The van der Waals surface area contributed by atoms with E-state index in [1.54, 1.807) is 0 Å². The molecule has 5 heteroatoms. The summed E-state index contributed by atoms with van der Waals surface area (Å²) in [6, 6.07) is 7.76. The number of hydrogen-bond donors (Lipinski definition) is 1. The number of rotatable bonds is 4. The summed E-state index contributed by atoms with van der Waals surface area (Å²) in [5.41, 5.74) is 0. The Balaban J connectivity index is 1.84. The van der Waals surface area contributed by atoms with Gasteiger partial charge in [0.15, 0.2) is 0 Å². The van der Waals surface area contributed by atoms with Crippen molar-refractivity contribution in [2.45, 2.75) is 4.90 Å². The molecular weight excluding hydrogens is 300 g/mol. The van der Waals surface area contributed by atoms with Gasteiger partial charge in [-0.05, 0) is 18.2 Å². The highest BCUT2D eigenvalue weighted by Crippen LogP contribution is 2.14. The predicted molar refractivity (Wildman–Crippen MR) is 74.7 cm³/mol. The van der Waals surface area contributed by atoms with E-state index in [1.165, 1.54) is 0 Å². The summed E-state index contributed by atoms with van der Waals surface area (Å²) < 4.78 is 13.1. The zero-order chi connectivity index (χ0) is 12.1. The molecule has 1 fully saturated rings. The fraction of sp³-hybridized carbons (Fsp3) is 0.500. The molecule has 0 radical (unpaired) electrons. The molecule has 0 amide bonds. The van der Waals surface area contributed by atoms with E-state index < -0.39 is 10.8 Å². The van der Waals surface area contributed by atoms with Crippen LogP contribution in [0.2, 0.25) is 0 Å². The molecular formula is C12H17BrN2OS. The van der Waals surface area contributed by atoms with E-state index in [0.29, 0.717) is 0 Å². The van der Waals surface area contributed by atoms with E-state index in [1.807, 2.05) is 24.3 Å². The molecule has 1 saturated heterocycles. The molecule has 0 aliphatic carbocycles. The summed E-state index contributed by atoms with van der Waals surface area (Å²) in [6.45, 7) is 5.14. The fourth-order valence-corrected chi connectivity index (χ4v) is 3.57. The number of piperazine rings is 1. The molecule has 1 aromatic rings. The van der Waals surface area contributed by atoms with Gasteiger partial charge in [0, 0.05) is 47.8 Å². The molecule has 1 unspecified atom stereocenters. The van der Waals surface area contributed by atoms with Gasteiger partial charge in [-0.25, -0.2) is 0 Å². The molecule has 1 atom stereocenters. The molecule has 1 aliphatic heterocycles. The largest absolute Gasteiger partial charge is 0.314 e. The highest BCUT2D eigenvalue weighted by atomic mass is 79.9. The lowest BCUT2D eigenvalue weighted by Crippen LogP contribution is -2.44.